The van der Waals surface area contributed by atoms with E-state index in [9.17, 15) is 19.2 Å². The van der Waals surface area contributed by atoms with Gasteiger partial charge in [0.1, 0.15) is 5.70 Å². The molecular weight excluding hydrogens is 284 g/mol. The second kappa shape index (κ2) is 8.25. The molecule has 3 N–H and O–H groups in total. The second-order valence-electron chi connectivity index (χ2n) is 4.03. The zero-order valence-electron chi connectivity index (χ0n) is 11.2. The van der Waals surface area contributed by atoms with Gasteiger partial charge in [0.05, 0.1) is 26.4 Å². The molecule has 1 fully saturated rings. The van der Waals surface area contributed by atoms with Crippen LogP contribution < -0.4 is 5.32 Å². The fourth-order valence-corrected chi connectivity index (χ4v) is 1.64. The zero-order valence-corrected chi connectivity index (χ0v) is 11.2. The molecule has 21 heavy (non-hydrogen) atoms. The normalized spacial score (nSPS) is 17.6. The number of carbonyl (C=O) groups is 4. The molecule has 4 amide bonds. The molecule has 2 aliphatic heterocycles. The Bertz CT molecular complexity index is 452. The van der Waals surface area contributed by atoms with E-state index in [0.29, 0.717) is 13.2 Å². The molecule has 0 aromatic rings. The third-order valence-electron chi connectivity index (χ3n) is 2.50. The predicted octanol–water partition coefficient (Wildman–Crippen LogP) is -2.34. The van der Waals surface area contributed by atoms with Crippen molar-refractivity contribution in [1.82, 2.24) is 10.2 Å². The number of ether oxygens (including phenoxy) is 1. The molecule has 0 aliphatic carbocycles. The average Bonchev–Trinajstić information content (AvgIpc) is 2.93. The van der Waals surface area contributed by atoms with Gasteiger partial charge in [0.2, 0.25) is 11.8 Å². The Morgan fingerprint density at radius 2 is 1.57 bits per heavy atom. The lowest BCUT2D eigenvalue weighted by Gasteiger charge is -2.11. The first-order valence-corrected chi connectivity index (χ1v) is 6.23. The van der Waals surface area contributed by atoms with Crippen molar-refractivity contribution in [2.24, 2.45) is 0 Å². The van der Waals surface area contributed by atoms with Crippen LogP contribution in [0, 0.1) is 0 Å². The van der Waals surface area contributed by atoms with E-state index >= 15 is 0 Å². The number of nitrogens with one attached hydrogen (secondary N) is 1. The molecule has 0 saturated carbocycles. The van der Waals surface area contributed by atoms with Crippen LogP contribution in [-0.2, 0) is 23.9 Å². The van der Waals surface area contributed by atoms with Gasteiger partial charge in [0.15, 0.2) is 0 Å². The number of likely N-dealkylation sites (tertiary alicyclic amines) is 1. The Labute approximate surface area is 120 Å². The average molecular weight is 300 g/mol. The fraction of sp³-hybridized carbons (Fsp3) is 0.500. The lowest BCUT2D eigenvalue weighted by atomic mass is 10.4. The van der Waals surface area contributed by atoms with Crippen LogP contribution in [0.3, 0.4) is 0 Å². The summed E-state index contributed by atoms with van der Waals surface area (Å²) in [6.07, 6.45) is 1.15. The standard InChI is InChI=1S/C8H6N2O4.C4H10O3/c11-5-3-4(8(14)9-5)10-6(12)1-2-7(10)13;5-1-3-7-4-2-6/h3H,1-2H2,(H,9,11,14);5-6H,1-4H2. The monoisotopic (exact) mass is 300 g/mol. The number of hydrogen-bond acceptors (Lipinski definition) is 7. The molecule has 0 radical (unpaired) electrons. The van der Waals surface area contributed by atoms with Crippen LogP contribution in [0.15, 0.2) is 11.8 Å². The van der Waals surface area contributed by atoms with Gasteiger partial charge >= 0.3 is 0 Å². The molecule has 0 bridgehead atoms. The van der Waals surface area contributed by atoms with Gasteiger partial charge < -0.3 is 14.9 Å². The van der Waals surface area contributed by atoms with Crippen LogP contribution in [0.4, 0.5) is 0 Å². The Balaban J connectivity index is 0.000000270. The number of rotatable bonds is 5. The fourth-order valence-electron chi connectivity index (χ4n) is 1.64. The van der Waals surface area contributed by atoms with Gasteiger partial charge in [-0.25, -0.2) is 4.90 Å². The van der Waals surface area contributed by atoms with E-state index in [2.05, 4.69) is 4.74 Å². The highest BCUT2D eigenvalue weighted by Crippen LogP contribution is 2.19. The van der Waals surface area contributed by atoms with Crippen LogP contribution in [0.2, 0.25) is 0 Å². The van der Waals surface area contributed by atoms with E-state index in [4.69, 9.17) is 10.2 Å². The van der Waals surface area contributed by atoms with E-state index in [-0.39, 0.29) is 31.8 Å². The van der Waals surface area contributed by atoms with E-state index in [0.717, 1.165) is 11.0 Å². The molecular formula is C12H16N2O7. The first-order valence-electron chi connectivity index (χ1n) is 6.23. The summed E-state index contributed by atoms with van der Waals surface area (Å²) < 4.78 is 4.63. The molecule has 0 spiro atoms. The maximum atomic E-state index is 11.2. The minimum Gasteiger partial charge on any atom is -0.394 e. The van der Waals surface area contributed by atoms with Gasteiger partial charge in [-0.2, -0.15) is 0 Å². The lowest BCUT2D eigenvalue weighted by molar-refractivity contribution is -0.138. The van der Waals surface area contributed by atoms with Crippen LogP contribution in [0.1, 0.15) is 12.8 Å². The Morgan fingerprint density at radius 3 is 1.95 bits per heavy atom. The topological polar surface area (TPSA) is 133 Å². The predicted molar refractivity (Wildman–Crippen MR) is 67.3 cm³/mol. The number of imide groups is 2. The third kappa shape index (κ3) is 4.74. The van der Waals surface area contributed by atoms with Gasteiger partial charge in [-0.05, 0) is 0 Å². The lowest BCUT2D eigenvalue weighted by Crippen LogP contribution is -2.34. The quantitative estimate of drug-likeness (QED) is 0.383. The van der Waals surface area contributed by atoms with Gasteiger partial charge in [-0.15, -0.1) is 0 Å². The first-order chi connectivity index (χ1) is 10.0. The highest BCUT2D eigenvalue weighted by molar-refractivity contribution is 6.20. The SMILES string of the molecule is O=C1C=C(N2C(=O)CCC2=O)C(=O)N1.OCCOCCO. The number of aliphatic hydroxyl groups excluding tert-OH is 2. The molecule has 0 aromatic heterocycles. The number of hydrogen-bond donors (Lipinski definition) is 3. The maximum Gasteiger partial charge on any atom is 0.275 e. The molecule has 1 saturated heterocycles. The van der Waals surface area contributed by atoms with Gasteiger partial charge in [-0.1, -0.05) is 0 Å². The van der Waals surface area contributed by atoms with Crippen LogP contribution in [0.25, 0.3) is 0 Å². The smallest absolute Gasteiger partial charge is 0.275 e. The molecule has 0 atom stereocenters. The summed E-state index contributed by atoms with van der Waals surface area (Å²) in [6.45, 7) is 0.696. The number of aliphatic hydroxyl groups is 2. The Kier molecular flexibility index (Phi) is 6.66. The van der Waals surface area contributed by atoms with Crippen LogP contribution in [0.5, 0.6) is 0 Å². The highest BCUT2D eigenvalue weighted by Gasteiger charge is 2.37. The first kappa shape index (κ1) is 17.0. The van der Waals surface area contributed by atoms with Crippen LogP contribution in [-0.4, -0.2) is 65.2 Å². The van der Waals surface area contributed by atoms with Crippen molar-refractivity contribution in [3.8, 4) is 0 Å². The number of nitrogens with zero attached hydrogens (tertiary/aromatic N) is 1. The Morgan fingerprint density at radius 1 is 1.05 bits per heavy atom. The van der Waals surface area contributed by atoms with Crippen molar-refractivity contribution < 1.29 is 34.1 Å². The van der Waals surface area contributed by atoms with Crippen LogP contribution >= 0.6 is 0 Å². The highest BCUT2D eigenvalue weighted by atomic mass is 16.5. The zero-order chi connectivity index (χ0) is 15.8. The molecule has 2 rings (SSSR count). The maximum absolute atomic E-state index is 11.2. The molecule has 9 heteroatoms. The summed E-state index contributed by atoms with van der Waals surface area (Å²) in [5.41, 5.74) is -0.164. The Hall–Kier alpha value is -2.10. The summed E-state index contributed by atoms with van der Waals surface area (Å²) in [5.74, 6) is -2.17. The van der Waals surface area contributed by atoms with Crippen molar-refractivity contribution in [2.75, 3.05) is 26.4 Å². The summed E-state index contributed by atoms with van der Waals surface area (Å²) in [6, 6.07) is 0. The van der Waals surface area contributed by atoms with Crippen molar-refractivity contribution in [3.05, 3.63) is 11.8 Å². The van der Waals surface area contributed by atoms with Crippen molar-refractivity contribution >= 4 is 23.6 Å². The second-order valence-corrected chi connectivity index (χ2v) is 4.03. The van der Waals surface area contributed by atoms with Crippen molar-refractivity contribution in [3.63, 3.8) is 0 Å². The largest absolute Gasteiger partial charge is 0.394 e. The number of amides is 4. The summed E-state index contributed by atoms with van der Waals surface area (Å²) >= 11 is 0. The summed E-state index contributed by atoms with van der Waals surface area (Å²) in [7, 11) is 0. The van der Waals surface area contributed by atoms with E-state index in [1.807, 2.05) is 5.32 Å². The van der Waals surface area contributed by atoms with E-state index in [1.165, 1.54) is 0 Å². The van der Waals surface area contributed by atoms with Crippen molar-refractivity contribution in [2.45, 2.75) is 12.8 Å². The molecule has 0 aromatic carbocycles. The molecule has 116 valence electrons. The third-order valence-corrected chi connectivity index (χ3v) is 2.50. The molecule has 2 aliphatic rings. The van der Waals surface area contributed by atoms with Gasteiger partial charge in [0.25, 0.3) is 11.8 Å². The molecule has 9 nitrogen and oxygen atoms in total. The number of carbonyl (C=O) groups excluding carboxylic acids is 4. The van der Waals surface area contributed by atoms with E-state index < -0.39 is 23.6 Å². The molecule has 2 heterocycles. The van der Waals surface area contributed by atoms with E-state index in [1.54, 1.807) is 0 Å². The van der Waals surface area contributed by atoms with Crippen molar-refractivity contribution in [1.29, 1.82) is 0 Å². The van der Waals surface area contributed by atoms with Gasteiger partial charge in [0, 0.05) is 18.9 Å². The summed E-state index contributed by atoms with van der Waals surface area (Å²) in [4.78, 5) is 45.1. The molecule has 0 unspecified atom stereocenters. The minimum atomic E-state index is -0.696. The summed E-state index contributed by atoms with van der Waals surface area (Å²) in [5, 5.41) is 18.1. The van der Waals surface area contributed by atoms with Gasteiger partial charge in [-0.3, -0.25) is 24.5 Å². The minimum absolute atomic E-state index is 0.0278.